The van der Waals surface area contributed by atoms with Gasteiger partial charge in [-0.1, -0.05) is 6.92 Å². The molecule has 2 heterocycles. The van der Waals surface area contributed by atoms with E-state index in [0.717, 1.165) is 11.8 Å². The molecule has 0 saturated carbocycles. The number of hydrogen-bond donors (Lipinski definition) is 1. The van der Waals surface area contributed by atoms with Gasteiger partial charge in [-0.15, -0.1) is 0 Å². The van der Waals surface area contributed by atoms with Crippen LogP contribution >= 0.6 is 0 Å². The molecule has 2 atom stereocenters. The Bertz CT molecular complexity index is 194. The molecular weight excluding hydrogens is 172 g/mol. The molecule has 2 heteroatoms. The van der Waals surface area contributed by atoms with E-state index in [2.05, 4.69) is 31.0 Å². The molecule has 2 rings (SSSR count). The molecule has 82 valence electrons. The van der Waals surface area contributed by atoms with Crippen molar-refractivity contribution in [3.63, 3.8) is 0 Å². The normalized spacial score (nSPS) is 37.9. The highest BCUT2D eigenvalue weighted by molar-refractivity contribution is 4.92. The third kappa shape index (κ3) is 2.12. The maximum Gasteiger partial charge on any atom is 0.0156 e. The van der Waals surface area contributed by atoms with Gasteiger partial charge in [-0.2, -0.15) is 0 Å². The fourth-order valence-electron chi connectivity index (χ4n) is 3.17. The van der Waals surface area contributed by atoms with Crippen LogP contribution in [0, 0.1) is 11.8 Å². The molecule has 2 aliphatic heterocycles. The maximum absolute atomic E-state index is 3.46. The molecule has 0 aromatic heterocycles. The predicted octanol–water partition coefficient (Wildman–Crippen LogP) is 1.72. The number of rotatable bonds is 2. The monoisotopic (exact) mass is 196 g/mol. The van der Waals surface area contributed by atoms with E-state index in [1.54, 1.807) is 0 Å². The third-order valence-electron chi connectivity index (χ3n) is 3.88. The maximum atomic E-state index is 3.46. The summed E-state index contributed by atoms with van der Waals surface area (Å²) < 4.78 is 0. The van der Waals surface area contributed by atoms with Gasteiger partial charge < -0.3 is 5.32 Å². The van der Waals surface area contributed by atoms with E-state index >= 15 is 0 Å². The van der Waals surface area contributed by atoms with Gasteiger partial charge in [0.25, 0.3) is 0 Å². The van der Waals surface area contributed by atoms with Gasteiger partial charge in [-0.3, -0.25) is 4.90 Å². The molecular formula is C12H24N2. The van der Waals surface area contributed by atoms with Crippen LogP contribution in [0.5, 0.6) is 0 Å². The summed E-state index contributed by atoms with van der Waals surface area (Å²) in [6.07, 6.45) is 2.74. The molecule has 0 radical (unpaired) electrons. The Morgan fingerprint density at radius 3 is 2.71 bits per heavy atom. The minimum atomic E-state index is 0.446. The van der Waals surface area contributed by atoms with E-state index in [-0.39, 0.29) is 0 Å². The SMILES string of the molecule is CC1CN(CC2CCNC2)C(C)(C)C1. The molecule has 2 fully saturated rings. The highest BCUT2D eigenvalue weighted by Crippen LogP contribution is 2.33. The van der Waals surface area contributed by atoms with Crippen LogP contribution in [-0.4, -0.2) is 36.6 Å². The van der Waals surface area contributed by atoms with E-state index in [1.807, 2.05) is 0 Å². The summed E-state index contributed by atoms with van der Waals surface area (Å²) in [4.78, 5) is 2.70. The lowest BCUT2D eigenvalue weighted by Gasteiger charge is -2.33. The molecule has 1 N–H and O–H groups in total. The first kappa shape index (κ1) is 10.4. The fourth-order valence-corrected chi connectivity index (χ4v) is 3.17. The van der Waals surface area contributed by atoms with Gasteiger partial charge >= 0.3 is 0 Å². The lowest BCUT2D eigenvalue weighted by Crippen LogP contribution is -2.41. The Kier molecular flexibility index (Phi) is 2.85. The summed E-state index contributed by atoms with van der Waals surface area (Å²) in [5.41, 5.74) is 0.446. The Balaban J connectivity index is 1.90. The number of nitrogens with zero attached hydrogens (tertiary/aromatic N) is 1. The van der Waals surface area contributed by atoms with Crippen molar-refractivity contribution in [3.8, 4) is 0 Å². The van der Waals surface area contributed by atoms with Crippen LogP contribution in [0.2, 0.25) is 0 Å². The first-order valence-electron chi connectivity index (χ1n) is 6.04. The average molecular weight is 196 g/mol. The Hall–Kier alpha value is -0.0800. The molecule has 2 nitrogen and oxygen atoms in total. The lowest BCUT2D eigenvalue weighted by molar-refractivity contribution is 0.151. The Morgan fingerprint density at radius 2 is 2.21 bits per heavy atom. The molecule has 0 spiro atoms. The molecule has 0 amide bonds. The molecule has 2 saturated heterocycles. The first-order chi connectivity index (χ1) is 6.58. The molecule has 14 heavy (non-hydrogen) atoms. The zero-order valence-corrected chi connectivity index (χ0v) is 9.84. The van der Waals surface area contributed by atoms with Crippen LogP contribution in [0.3, 0.4) is 0 Å². The lowest BCUT2D eigenvalue weighted by atomic mass is 9.97. The van der Waals surface area contributed by atoms with Gasteiger partial charge in [-0.05, 0) is 51.6 Å². The highest BCUT2D eigenvalue weighted by Gasteiger charge is 2.37. The summed E-state index contributed by atoms with van der Waals surface area (Å²) in [7, 11) is 0. The van der Waals surface area contributed by atoms with E-state index in [4.69, 9.17) is 0 Å². The first-order valence-corrected chi connectivity index (χ1v) is 6.04. The molecule has 0 bridgehead atoms. The van der Waals surface area contributed by atoms with Crippen LogP contribution in [-0.2, 0) is 0 Å². The minimum absolute atomic E-state index is 0.446. The molecule has 2 unspecified atom stereocenters. The van der Waals surface area contributed by atoms with Crippen LogP contribution in [0.25, 0.3) is 0 Å². The van der Waals surface area contributed by atoms with E-state index in [1.165, 1.54) is 39.0 Å². The van der Waals surface area contributed by atoms with Gasteiger partial charge in [0, 0.05) is 18.6 Å². The second-order valence-corrected chi connectivity index (χ2v) is 5.89. The highest BCUT2D eigenvalue weighted by atomic mass is 15.2. The van der Waals surface area contributed by atoms with Crippen molar-refractivity contribution in [2.24, 2.45) is 11.8 Å². The van der Waals surface area contributed by atoms with Crippen molar-refractivity contribution < 1.29 is 0 Å². The van der Waals surface area contributed by atoms with Crippen LogP contribution in [0.4, 0.5) is 0 Å². The van der Waals surface area contributed by atoms with Crippen molar-refractivity contribution in [3.05, 3.63) is 0 Å². The predicted molar refractivity (Wildman–Crippen MR) is 60.4 cm³/mol. The van der Waals surface area contributed by atoms with E-state index in [0.29, 0.717) is 5.54 Å². The number of likely N-dealkylation sites (tertiary alicyclic amines) is 1. The fraction of sp³-hybridized carbons (Fsp3) is 1.00. The van der Waals surface area contributed by atoms with Crippen LogP contribution in [0.15, 0.2) is 0 Å². The van der Waals surface area contributed by atoms with Crippen molar-refractivity contribution in [2.45, 2.75) is 39.2 Å². The largest absolute Gasteiger partial charge is 0.316 e. The topological polar surface area (TPSA) is 15.3 Å². The average Bonchev–Trinajstić information content (AvgIpc) is 2.61. The van der Waals surface area contributed by atoms with Crippen LogP contribution < -0.4 is 5.32 Å². The molecule has 0 aromatic carbocycles. The zero-order valence-electron chi connectivity index (χ0n) is 9.84. The van der Waals surface area contributed by atoms with Gasteiger partial charge in [0.1, 0.15) is 0 Å². The second kappa shape index (κ2) is 3.82. The molecule has 0 aromatic rings. The summed E-state index contributed by atoms with van der Waals surface area (Å²) in [6, 6.07) is 0. The zero-order chi connectivity index (χ0) is 10.2. The van der Waals surface area contributed by atoms with E-state index in [9.17, 15) is 0 Å². The standard InChI is InChI=1S/C12H24N2/c1-10-6-12(2,3)14(8-10)9-11-4-5-13-7-11/h10-11,13H,4-9H2,1-3H3. The number of hydrogen-bond acceptors (Lipinski definition) is 2. The Morgan fingerprint density at radius 1 is 1.43 bits per heavy atom. The Labute approximate surface area is 88.1 Å². The van der Waals surface area contributed by atoms with Crippen LogP contribution in [0.1, 0.15) is 33.6 Å². The van der Waals surface area contributed by atoms with Gasteiger partial charge in [0.15, 0.2) is 0 Å². The van der Waals surface area contributed by atoms with Crippen molar-refractivity contribution in [1.82, 2.24) is 10.2 Å². The smallest absolute Gasteiger partial charge is 0.0156 e. The summed E-state index contributed by atoms with van der Waals surface area (Å²) in [5.74, 6) is 1.79. The third-order valence-corrected chi connectivity index (χ3v) is 3.88. The summed E-state index contributed by atoms with van der Waals surface area (Å²) >= 11 is 0. The minimum Gasteiger partial charge on any atom is -0.316 e. The second-order valence-electron chi connectivity index (χ2n) is 5.89. The quantitative estimate of drug-likeness (QED) is 0.723. The number of nitrogens with one attached hydrogen (secondary N) is 1. The van der Waals surface area contributed by atoms with Gasteiger partial charge in [0.2, 0.25) is 0 Å². The summed E-state index contributed by atoms with van der Waals surface area (Å²) in [5, 5.41) is 3.46. The summed E-state index contributed by atoms with van der Waals surface area (Å²) in [6.45, 7) is 12.3. The van der Waals surface area contributed by atoms with E-state index < -0.39 is 0 Å². The molecule has 2 aliphatic rings. The van der Waals surface area contributed by atoms with Crippen molar-refractivity contribution in [2.75, 3.05) is 26.2 Å². The van der Waals surface area contributed by atoms with Gasteiger partial charge in [-0.25, -0.2) is 0 Å². The van der Waals surface area contributed by atoms with Crippen molar-refractivity contribution >= 4 is 0 Å². The van der Waals surface area contributed by atoms with Gasteiger partial charge in [0.05, 0.1) is 0 Å². The van der Waals surface area contributed by atoms with Crippen molar-refractivity contribution in [1.29, 1.82) is 0 Å². The molecule has 0 aliphatic carbocycles.